The largest absolute Gasteiger partial charge is 0.322 e. The van der Waals surface area contributed by atoms with Gasteiger partial charge < -0.3 is 9.88 Å². The molecular formula is C19H19N5O. The Morgan fingerprint density at radius 2 is 1.92 bits per heavy atom. The molecule has 6 nitrogen and oxygen atoms in total. The van der Waals surface area contributed by atoms with Crippen LogP contribution in [0.1, 0.15) is 35.4 Å². The van der Waals surface area contributed by atoms with Crippen LogP contribution in [-0.4, -0.2) is 25.7 Å². The van der Waals surface area contributed by atoms with Gasteiger partial charge in [-0.15, -0.1) is 10.2 Å². The van der Waals surface area contributed by atoms with E-state index in [4.69, 9.17) is 0 Å². The molecule has 1 amide bonds. The molecule has 4 rings (SSSR count). The number of benzene rings is 1. The minimum atomic E-state index is -0.169. The molecule has 1 aliphatic rings. The number of aryl methyl sites for hydroxylation is 1. The average molecular weight is 333 g/mol. The van der Waals surface area contributed by atoms with Crippen molar-refractivity contribution >= 4 is 11.6 Å². The Labute approximate surface area is 145 Å². The Balaban J connectivity index is 1.53. The highest BCUT2D eigenvalue weighted by Gasteiger charge is 2.16. The van der Waals surface area contributed by atoms with Crippen LogP contribution in [0.15, 0.2) is 48.8 Å². The van der Waals surface area contributed by atoms with Crippen LogP contribution in [0.5, 0.6) is 0 Å². The summed E-state index contributed by atoms with van der Waals surface area (Å²) in [6, 6.07) is 11.2. The van der Waals surface area contributed by atoms with Crippen molar-refractivity contribution in [3.63, 3.8) is 0 Å². The van der Waals surface area contributed by atoms with Crippen molar-refractivity contribution in [2.45, 2.75) is 32.2 Å². The normalized spacial score (nSPS) is 13.8. The molecule has 3 aromatic rings. The van der Waals surface area contributed by atoms with Gasteiger partial charge in [0.2, 0.25) is 0 Å². The number of fused-ring (bicyclic) bond motifs is 1. The predicted octanol–water partition coefficient (Wildman–Crippen LogP) is 3.32. The minimum absolute atomic E-state index is 0.169. The summed E-state index contributed by atoms with van der Waals surface area (Å²) in [5.74, 6) is 1.81. The zero-order chi connectivity index (χ0) is 17.1. The van der Waals surface area contributed by atoms with Gasteiger partial charge >= 0.3 is 0 Å². The maximum absolute atomic E-state index is 12.2. The molecule has 0 fully saturated rings. The number of carbonyl (C=O) groups is 1. The van der Waals surface area contributed by atoms with Gasteiger partial charge in [0.25, 0.3) is 5.91 Å². The summed E-state index contributed by atoms with van der Waals surface area (Å²) < 4.78 is 2.22. The molecule has 3 heterocycles. The number of hydrogen-bond acceptors (Lipinski definition) is 4. The molecule has 0 atom stereocenters. The van der Waals surface area contributed by atoms with Crippen LogP contribution in [0.3, 0.4) is 0 Å². The van der Waals surface area contributed by atoms with Crippen molar-refractivity contribution in [3.8, 4) is 11.4 Å². The number of aromatic nitrogens is 4. The van der Waals surface area contributed by atoms with E-state index in [9.17, 15) is 4.79 Å². The lowest BCUT2D eigenvalue weighted by Crippen LogP contribution is -2.11. The molecule has 0 spiro atoms. The fourth-order valence-electron chi connectivity index (χ4n) is 3.10. The van der Waals surface area contributed by atoms with E-state index in [1.165, 1.54) is 12.8 Å². The number of carbonyl (C=O) groups excluding carboxylic acids is 1. The van der Waals surface area contributed by atoms with Crippen LogP contribution in [-0.2, 0) is 13.0 Å². The molecule has 1 N–H and O–H groups in total. The van der Waals surface area contributed by atoms with Crippen molar-refractivity contribution in [2.75, 3.05) is 5.32 Å². The number of nitrogens with one attached hydrogen (secondary N) is 1. The van der Waals surface area contributed by atoms with Gasteiger partial charge in [0.05, 0.1) is 5.56 Å². The van der Waals surface area contributed by atoms with Crippen molar-refractivity contribution in [2.24, 2.45) is 0 Å². The molecule has 25 heavy (non-hydrogen) atoms. The summed E-state index contributed by atoms with van der Waals surface area (Å²) in [6.07, 6.45) is 7.77. The van der Waals surface area contributed by atoms with E-state index in [-0.39, 0.29) is 5.91 Å². The molecule has 126 valence electrons. The lowest BCUT2D eigenvalue weighted by Gasteiger charge is -2.08. The topological polar surface area (TPSA) is 72.7 Å². The lowest BCUT2D eigenvalue weighted by molar-refractivity contribution is 0.102. The number of anilines is 1. The Morgan fingerprint density at radius 3 is 2.72 bits per heavy atom. The van der Waals surface area contributed by atoms with Gasteiger partial charge in [-0.25, -0.2) is 0 Å². The van der Waals surface area contributed by atoms with E-state index in [1.807, 2.05) is 24.3 Å². The number of pyridine rings is 1. The first-order valence-corrected chi connectivity index (χ1v) is 8.55. The second-order valence-corrected chi connectivity index (χ2v) is 6.18. The third kappa shape index (κ3) is 3.28. The Kier molecular flexibility index (Phi) is 4.24. The van der Waals surface area contributed by atoms with Crippen LogP contribution in [0.25, 0.3) is 11.4 Å². The van der Waals surface area contributed by atoms with Crippen molar-refractivity contribution in [1.29, 1.82) is 0 Å². The SMILES string of the molecule is O=C(Nc1ccc(-c2nnc3n2CCCCC3)cc1)c1cccnc1. The molecule has 1 aliphatic heterocycles. The molecule has 1 aromatic carbocycles. The van der Waals surface area contributed by atoms with Crippen molar-refractivity contribution < 1.29 is 4.79 Å². The molecule has 0 radical (unpaired) electrons. The van der Waals surface area contributed by atoms with Crippen LogP contribution >= 0.6 is 0 Å². The zero-order valence-corrected chi connectivity index (χ0v) is 13.9. The fraction of sp³-hybridized carbons (Fsp3) is 0.263. The number of amides is 1. The first-order chi connectivity index (χ1) is 12.3. The Morgan fingerprint density at radius 1 is 1.04 bits per heavy atom. The standard InChI is InChI=1S/C19H19N5O/c25-19(15-5-4-11-20-13-15)21-16-9-7-14(8-10-16)18-23-22-17-6-2-1-3-12-24(17)18/h4-5,7-11,13H,1-3,6,12H2,(H,21,25). The first-order valence-electron chi connectivity index (χ1n) is 8.55. The number of nitrogens with zero attached hydrogens (tertiary/aromatic N) is 4. The quantitative estimate of drug-likeness (QED) is 0.798. The van der Waals surface area contributed by atoms with Gasteiger partial charge in [-0.05, 0) is 49.2 Å². The van der Waals surface area contributed by atoms with Crippen LogP contribution < -0.4 is 5.32 Å². The molecule has 0 bridgehead atoms. The van der Waals surface area contributed by atoms with E-state index in [0.29, 0.717) is 5.56 Å². The summed E-state index contributed by atoms with van der Waals surface area (Å²) in [5, 5.41) is 11.6. The molecule has 0 saturated carbocycles. The third-order valence-corrected chi connectivity index (χ3v) is 4.43. The first kappa shape index (κ1) is 15.5. The van der Waals surface area contributed by atoms with Crippen LogP contribution in [0, 0.1) is 0 Å². The summed E-state index contributed by atoms with van der Waals surface area (Å²) in [6.45, 7) is 0.969. The predicted molar refractivity (Wildman–Crippen MR) is 95.2 cm³/mol. The molecular weight excluding hydrogens is 314 g/mol. The van der Waals surface area contributed by atoms with Gasteiger partial charge in [0.1, 0.15) is 5.82 Å². The van der Waals surface area contributed by atoms with E-state index >= 15 is 0 Å². The van der Waals surface area contributed by atoms with Gasteiger partial charge in [-0.3, -0.25) is 9.78 Å². The average Bonchev–Trinajstić information content (AvgIpc) is 2.91. The van der Waals surface area contributed by atoms with E-state index in [2.05, 4.69) is 25.1 Å². The molecule has 0 saturated heterocycles. The minimum Gasteiger partial charge on any atom is -0.322 e. The van der Waals surface area contributed by atoms with Crippen LogP contribution in [0.2, 0.25) is 0 Å². The second kappa shape index (κ2) is 6.84. The summed E-state index contributed by atoms with van der Waals surface area (Å²) in [7, 11) is 0. The summed E-state index contributed by atoms with van der Waals surface area (Å²) in [4.78, 5) is 16.1. The fourth-order valence-corrected chi connectivity index (χ4v) is 3.10. The number of rotatable bonds is 3. The van der Waals surface area contributed by atoms with Crippen molar-refractivity contribution in [3.05, 3.63) is 60.2 Å². The Hall–Kier alpha value is -3.02. The van der Waals surface area contributed by atoms with Crippen molar-refractivity contribution in [1.82, 2.24) is 19.7 Å². The van der Waals surface area contributed by atoms with E-state index in [1.54, 1.807) is 24.5 Å². The van der Waals surface area contributed by atoms with Crippen LogP contribution in [0.4, 0.5) is 5.69 Å². The summed E-state index contributed by atoms with van der Waals surface area (Å²) in [5.41, 5.74) is 2.29. The monoisotopic (exact) mass is 333 g/mol. The van der Waals surface area contributed by atoms with E-state index < -0.39 is 0 Å². The smallest absolute Gasteiger partial charge is 0.257 e. The second-order valence-electron chi connectivity index (χ2n) is 6.18. The third-order valence-electron chi connectivity index (χ3n) is 4.43. The maximum atomic E-state index is 12.2. The zero-order valence-electron chi connectivity index (χ0n) is 13.9. The Bertz CT molecular complexity index is 871. The van der Waals surface area contributed by atoms with Gasteiger partial charge in [-0.1, -0.05) is 6.42 Å². The molecule has 6 heteroatoms. The highest BCUT2D eigenvalue weighted by atomic mass is 16.1. The molecule has 0 unspecified atom stereocenters. The highest BCUT2D eigenvalue weighted by Crippen LogP contribution is 2.24. The maximum Gasteiger partial charge on any atom is 0.257 e. The van der Waals surface area contributed by atoms with Gasteiger partial charge in [-0.2, -0.15) is 0 Å². The molecule has 2 aromatic heterocycles. The lowest BCUT2D eigenvalue weighted by atomic mass is 10.2. The molecule has 0 aliphatic carbocycles. The number of hydrogen-bond donors (Lipinski definition) is 1. The van der Waals surface area contributed by atoms with Gasteiger partial charge in [0.15, 0.2) is 5.82 Å². The summed E-state index contributed by atoms with van der Waals surface area (Å²) >= 11 is 0. The highest BCUT2D eigenvalue weighted by molar-refractivity contribution is 6.04. The van der Waals surface area contributed by atoms with E-state index in [0.717, 1.165) is 42.3 Å². The van der Waals surface area contributed by atoms with Gasteiger partial charge in [0, 0.05) is 36.6 Å².